The zero-order valence-electron chi connectivity index (χ0n) is 11.0. The van der Waals surface area contributed by atoms with Crippen molar-refractivity contribution in [3.8, 4) is 11.3 Å². The van der Waals surface area contributed by atoms with E-state index < -0.39 is 0 Å². The second-order valence-electron chi connectivity index (χ2n) is 4.71. The molecule has 96 valence electrons. The summed E-state index contributed by atoms with van der Waals surface area (Å²) >= 11 is 0. The number of nitrogens with one attached hydrogen (secondary N) is 1. The maximum atomic E-state index is 11.8. The molecule has 0 aliphatic heterocycles. The Morgan fingerprint density at radius 3 is 2.84 bits per heavy atom. The summed E-state index contributed by atoms with van der Waals surface area (Å²) in [5.41, 5.74) is 4.66. The third kappa shape index (κ3) is 1.97. The molecule has 3 aromatic rings. The van der Waals surface area contributed by atoms with Crippen LogP contribution in [0.15, 0.2) is 45.8 Å². The molecule has 0 saturated carbocycles. The Kier molecular flexibility index (Phi) is 2.75. The van der Waals surface area contributed by atoms with Crippen LogP contribution in [0.1, 0.15) is 18.1 Å². The first-order valence-corrected chi connectivity index (χ1v) is 6.39. The summed E-state index contributed by atoms with van der Waals surface area (Å²) in [4.78, 5) is 14.8. The standard InChI is InChI=1S/C16H15NO2/c1-3-11-8-10(2)16(18)17-15(11)13-4-5-14-12(9-13)6-7-19-14/h4-9H,3H2,1-2H3,(H,17,18). The Morgan fingerprint density at radius 1 is 1.21 bits per heavy atom. The number of aromatic amines is 1. The summed E-state index contributed by atoms with van der Waals surface area (Å²) in [6.07, 6.45) is 2.56. The summed E-state index contributed by atoms with van der Waals surface area (Å²) in [5, 5.41) is 1.04. The minimum absolute atomic E-state index is 0.0282. The van der Waals surface area contributed by atoms with Crippen LogP contribution >= 0.6 is 0 Å². The molecule has 3 heteroatoms. The van der Waals surface area contributed by atoms with Crippen LogP contribution in [0.25, 0.3) is 22.2 Å². The van der Waals surface area contributed by atoms with E-state index in [0.717, 1.165) is 39.8 Å². The maximum absolute atomic E-state index is 11.8. The van der Waals surface area contributed by atoms with Crippen LogP contribution in [0.3, 0.4) is 0 Å². The van der Waals surface area contributed by atoms with E-state index in [1.165, 1.54) is 0 Å². The summed E-state index contributed by atoms with van der Waals surface area (Å²) < 4.78 is 5.34. The fraction of sp³-hybridized carbons (Fsp3) is 0.188. The molecule has 0 aliphatic rings. The molecule has 0 saturated heterocycles. The Balaban J connectivity index is 2.25. The van der Waals surface area contributed by atoms with Gasteiger partial charge in [-0.15, -0.1) is 0 Å². The highest BCUT2D eigenvalue weighted by Gasteiger charge is 2.08. The third-order valence-corrected chi connectivity index (χ3v) is 3.43. The van der Waals surface area contributed by atoms with E-state index >= 15 is 0 Å². The SMILES string of the molecule is CCc1cc(C)c(=O)[nH]c1-c1ccc2occc2c1. The van der Waals surface area contributed by atoms with Crippen LogP contribution in [0.4, 0.5) is 0 Å². The van der Waals surface area contributed by atoms with Crippen molar-refractivity contribution in [3.05, 3.63) is 58.1 Å². The largest absolute Gasteiger partial charge is 0.464 e. The minimum atomic E-state index is -0.0282. The van der Waals surface area contributed by atoms with Gasteiger partial charge < -0.3 is 9.40 Å². The average molecular weight is 253 g/mol. The van der Waals surface area contributed by atoms with Gasteiger partial charge in [-0.2, -0.15) is 0 Å². The van der Waals surface area contributed by atoms with Crippen molar-refractivity contribution < 1.29 is 4.42 Å². The summed E-state index contributed by atoms with van der Waals surface area (Å²) in [7, 11) is 0. The lowest BCUT2D eigenvalue weighted by Crippen LogP contribution is -2.12. The van der Waals surface area contributed by atoms with Crippen LogP contribution in [0, 0.1) is 6.92 Å². The highest BCUT2D eigenvalue weighted by atomic mass is 16.3. The van der Waals surface area contributed by atoms with Crippen molar-refractivity contribution in [1.29, 1.82) is 0 Å². The summed E-state index contributed by atoms with van der Waals surface area (Å²) in [6.45, 7) is 3.92. The topological polar surface area (TPSA) is 46.0 Å². The monoisotopic (exact) mass is 253 g/mol. The van der Waals surface area contributed by atoms with E-state index in [-0.39, 0.29) is 5.56 Å². The van der Waals surface area contributed by atoms with E-state index in [0.29, 0.717) is 0 Å². The van der Waals surface area contributed by atoms with E-state index in [9.17, 15) is 4.79 Å². The maximum Gasteiger partial charge on any atom is 0.251 e. The Labute approximate surface area is 110 Å². The zero-order valence-corrected chi connectivity index (χ0v) is 11.0. The second-order valence-corrected chi connectivity index (χ2v) is 4.71. The predicted molar refractivity (Wildman–Crippen MR) is 76.4 cm³/mol. The molecular formula is C16H15NO2. The molecule has 0 aliphatic carbocycles. The molecule has 1 N–H and O–H groups in total. The first-order valence-electron chi connectivity index (χ1n) is 6.39. The van der Waals surface area contributed by atoms with Crippen LogP contribution in [-0.2, 0) is 6.42 Å². The van der Waals surface area contributed by atoms with Crippen LogP contribution < -0.4 is 5.56 Å². The molecule has 0 atom stereocenters. The van der Waals surface area contributed by atoms with Crippen molar-refractivity contribution in [2.24, 2.45) is 0 Å². The lowest BCUT2D eigenvalue weighted by atomic mass is 10.0. The van der Waals surface area contributed by atoms with Gasteiger partial charge in [-0.25, -0.2) is 0 Å². The van der Waals surface area contributed by atoms with Crippen molar-refractivity contribution >= 4 is 11.0 Å². The lowest BCUT2D eigenvalue weighted by Gasteiger charge is -2.09. The Bertz CT molecular complexity index is 796. The second kappa shape index (κ2) is 4.43. The molecule has 0 unspecified atom stereocenters. The smallest absolute Gasteiger partial charge is 0.251 e. The predicted octanol–water partition coefficient (Wildman–Crippen LogP) is 3.66. The van der Waals surface area contributed by atoms with Gasteiger partial charge in [0.25, 0.3) is 5.56 Å². The molecule has 1 aromatic carbocycles. The molecule has 19 heavy (non-hydrogen) atoms. The number of rotatable bonds is 2. The van der Waals surface area contributed by atoms with Crippen molar-refractivity contribution in [2.45, 2.75) is 20.3 Å². The van der Waals surface area contributed by atoms with Gasteiger partial charge in [0, 0.05) is 10.9 Å². The van der Waals surface area contributed by atoms with Crippen LogP contribution in [-0.4, -0.2) is 4.98 Å². The van der Waals surface area contributed by atoms with Crippen LogP contribution in [0.2, 0.25) is 0 Å². The first-order chi connectivity index (χ1) is 9.19. The number of H-pyrrole nitrogens is 1. The molecule has 3 rings (SSSR count). The molecular weight excluding hydrogens is 238 g/mol. The highest BCUT2D eigenvalue weighted by molar-refractivity contribution is 5.83. The number of hydrogen-bond donors (Lipinski definition) is 1. The lowest BCUT2D eigenvalue weighted by molar-refractivity contribution is 0.616. The van der Waals surface area contributed by atoms with E-state index in [4.69, 9.17) is 4.42 Å². The molecule has 2 heterocycles. The van der Waals surface area contributed by atoms with Gasteiger partial charge in [0.05, 0.1) is 12.0 Å². The number of fused-ring (bicyclic) bond motifs is 1. The zero-order chi connectivity index (χ0) is 13.4. The number of aryl methyl sites for hydroxylation is 2. The van der Waals surface area contributed by atoms with Gasteiger partial charge in [0.15, 0.2) is 0 Å². The van der Waals surface area contributed by atoms with Gasteiger partial charge in [-0.05, 0) is 54.8 Å². The normalized spacial score (nSPS) is 11.1. The highest BCUT2D eigenvalue weighted by Crippen LogP contribution is 2.26. The van der Waals surface area contributed by atoms with Crippen molar-refractivity contribution in [2.75, 3.05) is 0 Å². The summed E-state index contributed by atoms with van der Waals surface area (Å²) in [6, 6.07) is 9.84. The fourth-order valence-corrected chi connectivity index (χ4v) is 2.35. The Hall–Kier alpha value is -2.29. The minimum Gasteiger partial charge on any atom is -0.464 e. The number of pyridine rings is 1. The molecule has 0 fully saturated rings. The number of benzene rings is 1. The summed E-state index contributed by atoms with van der Waals surface area (Å²) in [5.74, 6) is 0. The average Bonchev–Trinajstić information content (AvgIpc) is 2.88. The van der Waals surface area contributed by atoms with Gasteiger partial charge in [0.2, 0.25) is 0 Å². The molecule has 2 aromatic heterocycles. The number of aromatic nitrogens is 1. The third-order valence-electron chi connectivity index (χ3n) is 3.43. The van der Waals surface area contributed by atoms with Gasteiger partial charge in [-0.1, -0.05) is 6.92 Å². The molecule has 0 radical (unpaired) electrons. The molecule has 0 spiro atoms. The quantitative estimate of drug-likeness (QED) is 0.757. The number of hydrogen-bond acceptors (Lipinski definition) is 2. The molecule has 0 amide bonds. The fourth-order valence-electron chi connectivity index (χ4n) is 2.35. The van der Waals surface area contributed by atoms with E-state index in [1.807, 2.05) is 37.3 Å². The molecule has 0 bridgehead atoms. The van der Waals surface area contributed by atoms with Gasteiger partial charge >= 0.3 is 0 Å². The van der Waals surface area contributed by atoms with Gasteiger partial charge in [0.1, 0.15) is 5.58 Å². The van der Waals surface area contributed by atoms with Gasteiger partial charge in [-0.3, -0.25) is 4.79 Å². The van der Waals surface area contributed by atoms with Crippen LogP contribution in [0.5, 0.6) is 0 Å². The number of furan rings is 1. The Morgan fingerprint density at radius 2 is 2.05 bits per heavy atom. The van der Waals surface area contributed by atoms with E-state index in [1.54, 1.807) is 6.26 Å². The first kappa shape index (κ1) is 11.8. The van der Waals surface area contributed by atoms with E-state index in [2.05, 4.69) is 11.9 Å². The van der Waals surface area contributed by atoms with Crippen molar-refractivity contribution in [3.63, 3.8) is 0 Å². The molecule has 3 nitrogen and oxygen atoms in total. The van der Waals surface area contributed by atoms with Crippen molar-refractivity contribution in [1.82, 2.24) is 4.98 Å².